The number of rotatable bonds is 3. The Kier molecular flexibility index (Phi) is 3.53. The number of carbonyl (C=O) groups is 1. The second-order valence-corrected chi connectivity index (χ2v) is 5.56. The number of carbonyl (C=O) groups excluding carboxylic acids is 1. The van der Waals surface area contributed by atoms with Crippen LogP contribution in [0.4, 0.5) is 0 Å². The van der Waals surface area contributed by atoms with E-state index in [9.17, 15) is 4.79 Å². The summed E-state index contributed by atoms with van der Waals surface area (Å²) in [5, 5.41) is 3.03. The maximum Gasteiger partial charge on any atom is 0.226 e. The molecule has 4 heteroatoms. The van der Waals surface area contributed by atoms with Gasteiger partial charge in [0, 0.05) is 19.6 Å². The maximum atomic E-state index is 12.3. The van der Waals surface area contributed by atoms with Gasteiger partial charge in [-0.05, 0) is 19.0 Å². The van der Waals surface area contributed by atoms with Gasteiger partial charge in [-0.25, -0.2) is 0 Å². The molecule has 3 atom stereocenters. The molecule has 1 aromatic carbocycles. The molecule has 0 radical (unpaired) electrons. The van der Waals surface area contributed by atoms with Gasteiger partial charge in [0.2, 0.25) is 5.91 Å². The van der Waals surface area contributed by atoms with Gasteiger partial charge in [-0.15, -0.1) is 0 Å². The minimum absolute atomic E-state index is 0.0127. The third kappa shape index (κ3) is 2.80. The van der Waals surface area contributed by atoms with Crippen LogP contribution in [0.15, 0.2) is 30.3 Å². The van der Waals surface area contributed by atoms with Gasteiger partial charge >= 0.3 is 0 Å². The lowest BCUT2D eigenvalue weighted by molar-refractivity contribution is -0.128. The van der Waals surface area contributed by atoms with Crippen molar-refractivity contribution in [2.45, 2.75) is 25.2 Å². The van der Waals surface area contributed by atoms with Crippen LogP contribution in [0, 0.1) is 5.92 Å². The number of likely N-dealkylation sites (tertiary alicyclic amines) is 1. The number of ether oxygens (including phenoxy) is 1. The van der Waals surface area contributed by atoms with Crippen LogP contribution in [0.5, 0.6) is 0 Å². The Morgan fingerprint density at radius 1 is 1.37 bits per heavy atom. The van der Waals surface area contributed by atoms with E-state index in [1.165, 1.54) is 0 Å². The molecule has 0 spiro atoms. The monoisotopic (exact) mass is 260 g/mol. The topological polar surface area (TPSA) is 41.6 Å². The van der Waals surface area contributed by atoms with E-state index in [0.717, 1.165) is 25.1 Å². The van der Waals surface area contributed by atoms with E-state index in [2.05, 4.69) is 17.3 Å². The van der Waals surface area contributed by atoms with Crippen molar-refractivity contribution in [1.29, 1.82) is 0 Å². The molecule has 1 aromatic rings. The molecule has 102 valence electrons. The highest BCUT2D eigenvalue weighted by Gasteiger charge is 2.43. The SMILES string of the molecule is CN1C[C@H]2C[C@H](C(=O)NCc3ccccc3)[C@@H](C1)O2. The summed E-state index contributed by atoms with van der Waals surface area (Å²) in [7, 11) is 2.09. The second-order valence-electron chi connectivity index (χ2n) is 5.56. The minimum atomic E-state index is 0.0127. The molecule has 0 unspecified atom stereocenters. The van der Waals surface area contributed by atoms with Crippen molar-refractivity contribution in [2.24, 2.45) is 5.92 Å². The number of fused-ring (bicyclic) bond motifs is 2. The molecule has 0 aromatic heterocycles. The molecule has 2 aliphatic heterocycles. The van der Waals surface area contributed by atoms with E-state index >= 15 is 0 Å². The fraction of sp³-hybridized carbons (Fsp3) is 0.533. The molecular weight excluding hydrogens is 240 g/mol. The Morgan fingerprint density at radius 2 is 2.16 bits per heavy atom. The highest BCUT2D eigenvalue weighted by atomic mass is 16.5. The number of benzene rings is 1. The number of hydrogen-bond donors (Lipinski definition) is 1. The van der Waals surface area contributed by atoms with Gasteiger partial charge in [-0.3, -0.25) is 4.79 Å². The van der Waals surface area contributed by atoms with Crippen LogP contribution >= 0.6 is 0 Å². The molecule has 2 heterocycles. The summed E-state index contributed by atoms with van der Waals surface area (Å²) >= 11 is 0. The van der Waals surface area contributed by atoms with Gasteiger partial charge < -0.3 is 15.0 Å². The summed E-state index contributed by atoms with van der Waals surface area (Å²) in [5.74, 6) is 0.144. The maximum absolute atomic E-state index is 12.3. The van der Waals surface area contributed by atoms with E-state index in [1.54, 1.807) is 0 Å². The standard InChI is InChI=1S/C15H20N2O2/c1-17-9-12-7-13(14(10-17)19-12)15(18)16-8-11-5-3-2-4-6-11/h2-6,12-14H,7-10H2,1H3,(H,16,18)/t12-,13+,14-/m1/s1. The summed E-state index contributed by atoms with van der Waals surface area (Å²) in [6.07, 6.45) is 1.16. The van der Waals surface area contributed by atoms with E-state index in [-0.39, 0.29) is 24.0 Å². The van der Waals surface area contributed by atoms with Crippen molar-refractivity contribution in [3.63, 3.8) is 0 Å². The molecule has 2 fully saturated rings. The number of morpholine rings is 1. The van der Waals surface area contributed by atoms with E-state index in [0.29, 0.717) is 6.54 Å². The molecule has 1 N–H and O–H groups in total. The normalized spacial score (nSPS) is 30.3. The first kappa shape index (κ1) is 12.6. The fourth-order valence-electron chi connectivity index (χ4n) is 3.04. The van der Waals surface area contributed by atoms with Gasteiger partial charge in [-0.2, -0.15) is 0 Å². The lowest BCUT2D eigenvalue weighted by Gasteiger charge is -2.29. The van der Waals surface area contributed by atoms with E-state index in [1.807, 2.05) is 30.3 Å². The summed E-state index contributed by atoms with van der Waals surface area (Å²) in [5.41, 5.74) is 1.13. The first-order valence-electron chi connectivity index (χ1n) is 6.88. The van der Waals surface area contributed by atoms with Crippen LogP contribution in [-0.4, -0.2) is 43.2 Å². The van der Waals surface area contributed by atoms with Gasteiger partial charge in [0.05, 0.1) is 18.1 Å². The number of hydrogen-bond acceptors (Lipinski definition) is 3. The number of likely N-dealkylation sites (N-methyl/N-ethyl adjacent to an activating group) is 1. The molecule has 0 aliphatic carbocycles. The third-order valence-electron chi connectivity index (χ3n) is 3.99. The highest BCUT2D eigenvalue weighted by Crippen LogP contribution is 2.31. The van der Waals surface area contributed by atoms with Gasteiger partial charge in [0.15, 0.2) is 0 Å². The Morgan fingerprint density at radius 3 is 2.95 bits per heavy atom. The van der Waals surface area contributed by atoms with E-state index < -0.39 is 0 Å². The average Bonchev–Trinajstić information content (AvgIpc) is 2.72. The van der Waals surface area contributed by atoms with Crippen LogP contribution < -0.4 is 5.32 Å². The van der Waals surface area contributed by atoms with Crippen LogP contribution in [0.2, 0.25) is 0 Å². The largest absolute Gasteiger partial charge is 0.371 e. The Balaban J connectivity index is 1.56. The summed E-state index contributed by atoms with van der Waals surface area (Å²) in [6.45, 7) is 2.41. The second kappa shape index (κ2) is 5.31. The number of nitrogens with one attached hydrogen (secondary N) is 1. The molecule has 2 saturated heterocycles. The average molecular weight is 260 g/mol. The predicted molar refractivity (Wildman–Crippen MR) is 72.6 cm³/mol. The van der Waals surface area contributed by atoms with Crippen LogP contribution in [0.3, 0.4) is 0 Å². The van der Waals surface area contributed by atoms with Crippen molar-refractivity contribution in [3.05, 3.63) is 35.9 Å². The molecule has 2 bridgehead atoms. The lowest BCUT2D eigenvalue weighted by atomic mass is 9.99. The van der Waals surface area contributed by atoms with Gasteiger partial charge in [0.1, 0.15) is 0 Å². The van der Waals surface area contributed by atoms with Crippen molar-refractivity contribution < 1.29 is 9.53 Å². The lowest BCUT2D eigenvalue weighted by Crippen LogP contribution is -2.43. The Bertz CT molecular complexity index is 449. The number of amides is 1. The van der Waals surface area contributed by atoms with Gasteiger partial charge in [0.25, 0.3) is 0 Å². The van der Waals surface area contributed by atoms with Crippen LogP contribution in [0.25, 0.3) is 0 Å². The Hall–Kier alpha value is -1.39. The Labute approximate surface area is 113 Å². The first-order valence-corrected chi connectivity index (χ1v) is 6.88. The summed E-state index contributed by atoms with van der Waals surface area (Å²) in [6, 6.07) is 10.0. The van der Waals surface area contributed by atoms with Crippen LogP contribution in [0.1, 0.15) is 12.0 Å². The smallest absolute Gasteiger partial charge is 0.226 e. The highest BCUT2D eigenvalue weighted by molar-refractivity contribution is 5.79. The van der Waals surface area contributed by atoms with Gasteiger partial charge in [-0.1, -0.05) is 30.3 Å². The molecule has 3 rings (SSSR count). The molecule has 19 heavy (non-hydrogen) atoms. The fourth-order valence-corrected chi connectivity index (χ4v) is 3.04. The van der Waals surface area contributed by atoms with Crippen LogP contribution in [-0.2, 0) is 16.1 Å². The predicted octanol–water partition coefficient (Wildman–Crippen LogP) is 1.02. The number of nitrogens with zero attached hydrogens (tertiary/aromatic N) is 1. The zero-order valence-corrected chi connectivity index (χ0v) is 11.2. The van der Waals surface area contributed by atoms with Crippen molar-refractivity contribution in [3.8, 4) is 0 Å². The van der Waals surface area contributed by atoms with Crippen molar-refractivity contribution >= 4 is 5.91 Å². The first-order chi connectivity index (χ1) is 9.22. The molecule has 0 saturated carbocycles. The van der Waals surface area contributed by atoms with Crippen molar-refractivity contribution in [2.75, 3.05) is 20.1 Å². The minimum Gasteiger partial charge on any atom is -0.371 e. The zero-order valence-electron chi connectivity index (χ0n) is 11.2. The van der Waals surface area contributed by atoms with Crippen molar-refractivity contribution in [1.82, 2.24) is 10.2 Å². The zero-order chi connectivity index (χ0) is 13.2. The quantitative estimate of drug-likeness (QED) is 0.882. The summed E-state index contributed by atoms with van der Waals surface area (Å²) < 4.78 is 5.85. The summed E-state index contributed by atoms with van der Waals surface area (Å²) in [4.78, 5) is 14.5. The molecule has 2 aliphatic rings. The third-order valence-corrected chi connectivity index (χ3v) is 3.99. The molecular formula is C15H20N2O2. The van der Waals surface area contributed by atoms with E-state index in [4.69, 9.17) is 4.74 Å². The molecule has 1 amide bonds. The molecule has 4 nitrogen and oxygen atoms in total.